The second kappa shape index (κ2) is 7.43. The number of rotatable bonds is 8. The van der Waals surface area contributed by atoms with Crippen LogP contribution in [0.25, 0.3) is 10.8 Å². The fourth-order valence-corrected chi connectivity index (χ4v) is 2.61. The van der Waals surface area contributed by atoms with Crippen LogP contribution in [0.4, 0.5) is 0 Å². The number of hydrogen-bond acceptors (Lipinski definition) is 3. The summed E-state index contributed by atoms with van der Waals surface area (Å²) in [5.41, 5.74) is -0.174. The van der Waals surface area contributed by atoms with Gasteiger partial charge in [-0.1, -0.05) is 37.3 Å². The van der Waals surface area contributed by atoms with Gasteiger partial charge < -0.3 is 15.2 Å². The van der Waals surface area contributed by atoms with Crippen molar-refractivity contribution in [3.63, 3.8) is 0 Å². The zero-order valence-electron chi connectivity index (χ0n) is 12.9. The van der Waals surface area contributed by atoms with Gasteiger partial charge in [0.25, 0.3) is 0 Å². The monoisotopic (exact) mass is 287 g/mol. The Kier molecular flexibility index (Phi) is 5.59. The first-order valence-electron chi connectivity index (χ1n) is 7.64. The van der Waals surface area contributed by atoms with Gasteiger partial charge in [-0.25, -0.2) is 0 Å². The fraction of sp³-hybridized carbons (Fsp3) is 0.444. The molecular formula is C18H25NO2. The molecule has 0 aliphatic carbocycles. The highest BCUT2D eigenvalue weighted by Crippen LogP contribution is 2.21. The molecule has 21 heavy (non-hydrogen) atoms. The van der Waals surface area contributed by atoms with E-state index >= 15 is 0 Å². The zero-order chi connectivity index (χ0) is 15.1. The van der Waals surface area contributed by atoms with Crippen LogP contribution < -0.4 is 10.1 Å². The smallest absolute Gasteiger partial charge is 0.119 e. The SMILES string of the molecule is CCC(CO)(CCCOc1ccc2ccccc2c1)NC. The topological polar surface area (TPSA) is 41.5 Å². The highest BCUT2D eigenvalue weighted by atomic mass is 16.5. The molecule has 0 heterocycles. The largest absolute Gasteiger partial charge is 0.494 e. The molecule has 0 fully saturated rings. The minimum absolute atomic E-state index is 0.163. The Labute approximate surface area is 126 Å². The van der Waals surface area contributed by atoms with Crippen molar-refractivity contribution >= 4 is 10.8 Å². The minimum atomic E-state index is -0.174. The third kappa shape index (κ3) is 3.96. The molecule has 2 N–H and O–H groups in total. The molecular weight excluding hydrogens is 262 g/mol. The van der Waals surface area contributed by atoms with Crippen LogP contribution in [0.15, 0.2) is 42.5 Å². The first kappa shape index (κ1) is 15.8. The molecule has 0 aliphatic heterocycles. The summed E-state index contributed by atoms with van der Waals surface area (Å²) in [6.45, 7) is 2.93. The molecule has 2 aromatic carbocycles. The second-order valence-corrected chi connectivity index (χ2v) is 5.50. The highest BCUT2D eigenvalue weighted by Gasteiger charge is 2.24. The Morgan fingerprint density at radius 2 is 1.90 bits per heavy atom. The minimum Gasteiger partial charge on any atom is -0.494 e. The van der Waals surface area contributed by atoms with Gasteiger partial charge in [-0.2, -0.15) is 0 Å². The highest BCUT2D eigenvalue weighted by molar-refractivity contribution is 5.83. The van der Waals surface area contributed by atoms with Crippen molar-refractivity contribution < 1.29 is 9.84 Å². The molecule has 3 nitrogen and oxygen atoms in total. The molecule has 114 valence electrons. The summed E-state index contributed by atoms with van der Waals surface area (Å²) in [6.07, 6.45) is 2.74. The molecule has 0 aromatic heterocycles. The molecule has 0 radical (unpaired) electrons. The summed E-state index contributed by atoms with van der Waals surface area (Å²) in [6, 6.07) is 14.4. The van der Waals surface area contributed by atoms with Gasteiger partial charge in [0.1, 0.15) is 5.75 Å². The van der Waals surface area contributed by atoms with Crippen LogP contribution in [-0.4, -0.2) is 30.9 Å². The van der Waals surface area contributed by atoms with Gasteiger partial charge in [0.05, 0.1) is 13.2 Å². The molecule has 2 rings (SSSR count). The third-order valence-corrected chi connectivity index (χ3v) is 4.30. The van der Waals surface area contributed by atoms with Crippen molar-refractivity contribution in [3.8, 4) is 5.75 Å². The number of nitrogens with one attached hydrogen (secondary N) is 1. The molecule has 0 aliphatic rings. The summed E-state index contributed by atoms with van der Waals surface area (Å²) < 4.78 is 5.83. The average molecular weight is 287 g/mol. The van der Waals surface area contributed by atoms with Crippen molar-refractivity contribution in [1.29, 1.82) is 0 Å². The predicted molar refractivity (Wildman–Crippen MR) is 87.8 cm³/mol. The molecule has 2 aromatic rings. The van der Waals surface area contributed by atoms with E-state index in [1.165, 1.54) is 10.8 Å². The second-order valence-electron chi connectivity index (χ2n) is 5.50. The molecule has 1 unspecified atom stereocenters. The maximum Gasteiger partial charge on any atom is 0.119 e. The Morgan fingerprint density at radius 1 is 1.14 bits per heavy atom. The Balaban J connectivity index is 1.87. The number of hydrogen-bond donors (Lipinski definition) is 2. The molecule has 0 saturated heterocycles. The van der Waals surface area contributed by atoms with Crippen LogP contribution in [0.1, 0.15) is 26.2 Å². The van der Waals surface area contributed by atoms with Gasteiger partial charge in [0.15, 0.2) is 0 Å². The number of likely N-dealkylation sites (N-methyl/N-ethyl adjacent to an activating group) is 1. The first-order chi connectivity index (χ1) is 10.2. The molecule has 3 heteroatoms. The van der Waals surface area contributed by atoms with Crippen LogP contribution in [0.3, 0.4) is 0 Å². The summed E-state index contributed by atoms with van der Waals surface area (Å²) in [5.74, 6) is 0.907. The van der Waals surface area contributed by atoms with Crippen LogP contribution in [0.2, 0.25) is 0 Å². The van der Waals surface area contributed by atoms with Gasteiger partial charge in [-0.05, 0) is 49.2 Å². The van der Waals surface area contributed by atoms with Gasteiger partial charge in [0, 0.05) is 5.54 Å². The van der Waals surface area contributed by atoms with E-state index in [0.717, 1.165) is 25.0 Å². The number of ether oxygens (including phenoxy) is 1. The number of benzene rings is 2. The summed E-state index contributed by atoms with van der Waals surface area (Å²) in [5, 5.41) is 15.2. The zero-order valence-corrected chi connectivity index (χ0v) is 12.9. The quantitative estimate of drug-likeness (QED) is 0.732. The van der Waals surface area contributed by atoms with E-state index < -0.39 is 0 Å². The molecule has 0 saturated carbocycles. The normalized spacial score (nSPS) is 14.0. The average Bonchev–Trinajstić information content (AvgIpc) is 2.55. The van der Waals surface area contributed by atoms with E-state index in [2.05, 4.69) is 36.5 Å². The summed E-state index contributed by atoms with van der Waals surface area (Å²) in [4.78, 5) is 0. The maximum absolute atomic E-state index is 9.51. The van der Waals surface area contributed by atoms with E-state index in [9.17, 15) is 5.11 Å². The third-order valence-electron chi connectivity index (χ3n) is 4.30. The first-order valence-corrected chi connectivity index (χ1v) is 7.64. The Bertz CT molecular complexity index is 556. The predicted octanol–water partition coefficient (Wildman–Crippen LogP) is 3.36. The number of aliphatic hydroxyl groups is 1. The standard InChI is InChI=1S/C18H25NO2/c1-3-18(14-20,19-2)11-6-12-21-17-10-9-15-7-4-5-8-16(15)13-17/h4-5,7-10,13,19-20H,3,6,11-12,14H2,1-2H3. The van der Waals surface area contributed by atoms with Crippen LogP contribution >= 0.6 is 0 Å². The van der Waals surface area contributed by atoms with E-state index in [1.807, 2.05) is 25.2 Å². The van der Waals surface area contributed by atoms with E-state index in [-0.39, 0.29) is 12.1 Å². The van der Waals surface area contributed by atoms with Crippen molar-refractivity contribution in [1.82, 2.24) is 5.32 Å². The van der Waals surface area contributed by atoms with Crippen molar-refractivity contribution in [2.45, 2.75) is 31.7 Å². The molecule has 1 atom stereocenters. The van der Waals surface area contributed by atoms with Gasteiger partial charge in [-0.3, -0.25) is 0 Å². The van der Waals surface area contributed by atoms with Crippen molar-refractivity contribution in [2.75, 3.05) is 20.3 Å². The lowest BCUT2D eigenvalue weighted by Crippen LogP contribution is -2.46. The van der Waals surface area contributed by atoms with Crippen LogP contribution in [-0.2, 0) is 0 Å². The maximum atomic E-state index is 9.51. The molecule has 0 amide bonds. The summed E-state index contributed by atoms with van der Waals surface area (Å²) >= 11 is 0. The Hall–Kier alpha value is -1.58. The van der Waals surface area contributed by atoms with E-state index in [0.29, 0.717) is 6.61 Å². The Morgan fingerprint density at radius 3 is 2.57 bits per heavy atom. The van der Waals surface area contributed by atoms with Crippen LogP contribution in [0, 0.1) is 0 Å². The summed E-state index contributed by atoms with van der Waals surface area (Å²) in [7, 11) is 1.91. The lowest BCUT2D eigenvalue weighted by Gasteiger charge is -2.30. The van der Waals surface area contributed by atoms with E-state index in [4.69, 9.17) is 4.74 Å². The molecule has 0 spiro atoms. The number of fused-ring (bicyclic) bond motifs is 1. The van der Waals surface area contributed by atoms with Gasteiger partial charge >= 0.3 is 0 Å². The van der Waals surface area contributed by atoms with Crippen molar-refractivity contribution in [2.24, 2.45) is 0 Å². The van der Waals surface area contributed by atoms with Crippen LogP contribution in [0.5, 0.6) is 5.75 Å². The van der Waals surface area contributed by atoms with Gasteiger partial charge in [0.2, 0.25) is 0 Å². The lowest BCUT2D eigenvalue weighted by atomic mass is 9.92. The van der Waals surface area contributed by atoms with Crippen molar-refractivity contribution in [3.05, 3.63) is 42.5 Å². The number of aliphatic hydroxyl groups excluding tert-OH is 1. The molecule has 0 bridgehead atoms. The van der Waals surface area contributed by atoms with E-state index in [1.54, 1.807) is 0 Å². The lowest BCUT2D eigenvalue weighted by molar-refractivity contribution is 0.145. The fourth-order valence-electron chi connectivity index (χ4n) is 2.61. The van der Waals surface area contributed by atoms with Gasteiger partial charge in [-0.15, -0.1) is 0 Å².